The van der Waals surface area contributed by atoms with E-state index in [9.17, 15) is 4.79 Å². The summed E-state index contributed by atoms with van der Waals surface area (Å²) in [4.78, 5) is 16.2. The SMILES string of the molecule is CCCc1cc(C(=O)NCCOCC(C)C)cc(N)n1. The molecule has 1 amide bonds. The van der Waals surface area contributed by atoms with E-state index >= 15 is 0 Å². The van der Waals surface area contributed by atoms with Crippen LogP contribution in [0.15, 0.2) is 12.1 Å². The molecule has 0 spiro atoms. The number of aryl methyl sites for hydroxylation is 1. The molecule has 20 heavy (non-hydrogen) atoms. The molecule has 0 aliphatic heterocycles. The lowest BCUT2D eigenvalue weighted by Gasteiger charge is -2.09. The summed E-state index contributed by atoms with van der Waals surface area (Å²) in [6.45, 7) is 7.97. The number of pyridine rings is 1. The number of nitrogen functional groups attached to an aromatic ring is 1. The number of nitrogens with zero attached hydrogens (tertiary/aromatic N) is 1. The van der Waals surface area contributed by atoms with Crippen LogP contribution in [0.3, 0.4) is 0 Å². The average Bonchev–Trinajstić information content (AvgIpc) is 2.37. The zero-order valence-electron chi connectivity index (χ0n) is 12.6. The highest BCUT2D eigenvalue weighted by molar-refractivity contribution is 5.94. The molecule has 1 aromatic heterocycles. The fraction of sp³-hybridized carbons (Fsp3) is 0.600. The van der Waals surface area contributed by atoms with E-state index in [4.69, 9.17) is 10.5 Å². The van der Waals surface area contributed by atoms with Crippen LogP contribution in [-0.2, 0) is 11.2 Å². The maximum Gasteiger partial charge on any atom is 0.251 e. The van der Waals surface area contributed by atoms with Gasteiger partial charge in [0.05, 0.1) is 6.61 Å². The van der Waals surface area contributed by atoms with Crippen molar-refractivity contribution in [1.29, 1.82) is 0 Å². The van der Waals surface area contributed by atoms with Crippen LogP contribution in [0, 0.1) is 5.92 Å². The molecule has 5 nitrogen and oxygen atoms in total. The average molecular weight is 279 g/mol. The van der Waals surface area contributed by atoms with Gasteiger partial charge in [-0.1, -0.05) is 27.2 Å². The van der Waals surface area contributed by atoms with Crippen LogP contribution in [-0.4, -0.2) is 30.6 Å². The molecule has 112 valence electrons. The third-order valence-electron chi connectivity index (χ3n) is 2.65. The van der Waals surface area contributed by atoms with Gasteiger partial charge in [-0.3, -0.25) is 4.79 Å². The standard InChI is InChI=1S/C15H25N3O2/c1-4-5-13-8-12(9-14(16)18-13)15(19)17-6-7-20-10-11(2)3/h8-9,11H,4-7,10H2,1-3H3,(H2,16,18)(H,17,19). The van der Waals surface area contributed by atoms with E-state index in [1.54, 1.807) is 12.1 Å². The molecule has 0 bridgehead atoms. The Balaban J connectivity index is 2.46. The lowest BCUT2D eigenvalue weighted by molar-refractivity contribution is 0.0886. The van der Waals surface area contributed by atoms with Gasteiger partial charge in [-0.15, -0.1) is 0 Å². The second-order valence-corrected chi connectivity index (χ2v) is 5.25. The molecule has 1 rings (SSSR count). The summed E-state index contributed by atoms with van der Waals surface area (Å²) >= 11 is 0. The van der Waals surface area contributed by atoms with Gasteiger partial charge in [-0.2, -0.15) is 0 Å². The number of aromatic nitrogens is 1. The summed E-state index contributed by atoms with van der Waals surface area (Å²) < 4.78 is 5.42. The molecule has 1 aromatic rings. The highest BCUT2D eigenvalue weighted by Crippen LogP contribution is 2.09. The number of hydrogen-bond donors (Lipinski definition) is 2. The number of anilines is 1. The van der Waals surface area contributed by atoms with E-state index in [1.165, 1.54) is 0 Å². The van der Waals surface area contributed by atoms with Gasteiger partial charge in [0, 0.05) is 24.4 Å². The molecule has 0 unspecified atom stereocenters. The number of nitrogens with two attached hydrogens (primary N) is 1. The number of ether oxygens (including phenoxy) is 1. The Morgan fingerprint density at radius 1 is 1.45 bits per heavy atom. The third-order valence-corrected chi connectivity index (χ3v) is 2.65. The lowest BCUT2D eigenvalue weighted by atomic mass is 10.1. The van der Waals surface area contributed by atoms with Crippen LogP contribution in [0.4, 0.5) is 5.82 Å². The molecular weight excluding hydrogens is 254 g/mol. The van der Waals surface area contributed by atoms with Gasteiger partial charge in [0.1, 0.15) is 5.82 Å². The van der Waals surface area contributed by atoms with Gasteiger partial charge in [0.25, 0.3) is 5.91 Å². The lowest BCUT2D eigenvalue weighted by Crippen LogP contribution is -2.28. The number of carbonyl (C=O) groups excluding carboxylic acids is 1. The van der Waals surface area contributed by atoms with Crippen LogP contribution in [0.2, 0.25) is 0 Å². The molecule has 0 aliphatic carbocycles. The van der Waals surface area contributed by atoms with Crippen molar-refractivity contribution in [3.05, 3.63) is 23.4 Å². The first-order chi connectivity index (χ1) is 9.52. The number of rotatable bonds is 8. The molecule has 0 saturated carbocycles. The number of carbonyl (C=O) groups is 1. The third kappa shape index (κ3) is 6.02. The van der Waals surface area contributed by atoms with Crippen LogP contribution >= 0.6 is 0 Å². The summed E-state index contributed by atoms with van der Waals surface area (Å²) in [5, 5.41) is 2.82. The molecule has 0 aromatic carbocycles. The topological polar surface area (TPSA) is 77.2 Å². The quantitative estimate of drug-likeness (QED) is 0.714. The van der Waals surface area contributed by atoms with Crippen LogP contribution in [0.25, 0.3) is 0 Å². The fourth-order valence-corrected chi connectivity index (χ4v) is 1.78. The molecule has 0 aliphatic rings. The van der Waals surface area contributed by atoms with Crippen molar-refractivity contribution in [3.8, 4) is 0 Å². The normalized spacial score (nSPS) is 10.8. The maximum atomic E-state index is 12.0. The van der Waals surface area contributed by atoms with Crippen LogP contribution in [0.1, 0.15) is 43.2 Å². The van der Waals surface area contributed by atoms with E-state index in [2.05, 4.69) is 31.1 Å². The maximum absolute atomic E-state index is 12.0. The molecule has 5 heteroatoms. The smallest absolute Gasteiger partial charge is 0.251 e. The summed E-state index contributed by atoms with van der Waals surface area (Å²) in [7, 11) is 0. The van der Waals surface area contributed by atoms with E-state index in [1.807, 2.05) is 0 Å². The Labute approximate surface area is 120 Å². The first-order valence-corrected chi connectivity index (χ1v) is 7.15. The first kappa shape index (κ1) is 16.4. The van der Waals surface area contributed by atoms with Crippen molar-refractivity contribution in [2.45, 2.75) is 33.6 Å². The Morgan fingerprint density at radius 2 is 2.20 bits per heavy atom. The van der Waals surface area contributed by atoms with Crippen molar-refractivity contribution in [1.82, 2.24) is 10.3 Å². The van der Waals surface area contributed by atoms with Crippen LogP contribution < -0.4 is 11.1 Å². The first-order valence-electron chi connectivity index (χ1n) is 7.15. The summed E-state index contributed by atoms with van der Waals surface area (Å²) in [5.74, 6) is 0.754. The highest BCUT2D eigenvalue weighted by atomic mass is 16.5. The Hall–Kier alpha value is -1.62. The predicted molar refractivity (Wildman–Crippen MR) is 80.6 cm³/mol. The number of amides is 1. The van der Waals surface area contributed by atoms with Crippen LogP contribution in [0.5, 0.6) is 0 Å². The van der Waals surface area contributed by atoms with Crippen molar-refractivity contribution < 1.29 is 9.53 Å². The second kappa shape index (κ2) is 8.53. The molecule has 0 fully saturated rings. The molecular formula is C15H25N3O2. The zero-order chi connectivity index (χ0) is 15.0. The van der Waals surface area contributed by atoms with E-state index < -0.39 is 0 Å². The molecule has 0 saturated heterocycles. The fourth-order valence-electron chi connectivity index (χ4n) is 1.78. The van der Waals surface area contributed by atoms with Gasteiger partial charge in [-0.25, -0.2) is 4.98 Å². The minimum absolute atomic E-state index is 0.135. The number of nitrogens with one attached hydrogen (secondary N) is 1. The predicted octanol–water partition coefficient (Wildman–Crippen LogP) is 2.02. The van der Waals surface area contributed by atoms with Crippen molar-refractivity contribution >= 4 is 11.7 Å². The van der Waals surface area contributed by atoms with Gasteiger partial charge in [-0.05, 0) is 24.5 Å². The molecule has 1 heterocycles. The Bertz CT molecular complexity index is 433. The van der Waals surface area contributed by atoms with Gasteiger partial charge >= 0.3 is 0 Å². The van der Waals surface area contributed by atoms with E-state index in [0.29, 0.717) is 37.1 Å². The van der Waals surface area contributed by atoms with Crippen molar-refractivity contribution in [3.63, 3.8) is 0 Å². The second-order valence-electron chi connectivity index (χ2n) is 5.25. The highest BCUT2D eigenvalue weighted by Gasteiger charge is 2.08. The minimum atomic E-state index is -0.135. The van der Waals surface area contributed by atoms with Gasteiger partial charge < -0.3 is 15.8 Å². The Morgan fingerprint density at radius 3 is 2.85 bits per heavy atom. The summed E-state index contributed by atoms with van der Waals surface area (Å²) in [6, 6.07) is 3.40. The van der Waals surface area contributed by atoms with Gasteiger partial charge in [0.2, 0.25) is 0 Å². The molecule has 3 N–H and O–H groups in total. The molecule has 0 radical (unpaired) electrons. The van der Waals surface area contributed by atoms with Crippen molar-refractivity contribution in [2.75, 3.05) is 25.5 Å². The largest absolute Gasteiger partial charge is 0.384 e. The van der Waals surface area contributed by atoms with Gasteiger partial charge in [0.15, 0.2) is 0 Å². The van der Waals surface area contributed by atoms with E-state index in [-0.39, 0.29) is 5.91 Å². The summed E-state index contributed by atoms with van der Waals surface area (Å²) in [6.07, 6.45) is 1.80. The minimum Gasteiger partial charge on any atom is -0.384 e. The van der Waals surface area contributed by atoms with Crippen molar-refractivity contribution in [2.24, 2.45) is 5.92 Å². The zero-order valence-corrected chi connectivity index (χ0v) is 12.6. The Kier molecular flexibility index (Phi) is 7.01. The monoisotopic (exact) mass is 279 g/mol. The summed E-state index contributed by atoms with van der Waals surface area (Å²) in [5.41, 5.74) is 7.14. The van der Waals surface area contributed by atoms with E-state index in [0.717, 1.165) is 18.5 Å². The number of hydrogen-bond acceptors (Lipinski definition) is 4. The molecule has 0 atom stereocenters.